The van der Waals surface area contributed by atoms with E-state index in [1.807, 2.05) is 4.68 Å². The molecule has 3 nitrogen and oxygen atoms in total. The van der Waals surface area contributed by atoms with Crippen LogP contribution in [0.25, 0.3) is 0 Å². The Bertz CT molecular complexity index is 266. The van der Waals surface area contributed by atoms with Crippen LogP contribution in [-0.4, -0.2) is 15.8 Å². The molecule has 0 saturated carbocycles. The molecule has 3 heteroatoms. The summed E-state index contributed by atoms with van der Waals surface area (Å²) in [5.74, 6) is 0. The molecule has 0 fully saturated rings. The molecule has 15 heavy (non-hydrogen) atoms. The molecule has 0 amide bonds. The van der Waals surface area contributed by atoms with E-state index in [2.05, 4.69) is 43.4 Å². The van der Waals surface area contributed by atoms with Crippen molar-refractivity contribution in [3.63, 3.8) is 0 Å². The van der Waals surface area contributed by atoms with Gasteiger partial charge in [0.2, 0.25) is 0 Å². The first kappa shape index (κ1) is 12.2. The molecular weight excluding hydrogens is 186 g/mol. The summed E-state index contributed by atoms with van der Waals surface area (Å²) < 4.78 is 2.05. The third-order valence-corrected chi connectivity index (χ3v) is 2.38. The van der Waals surface area contributed by atoms with E-state index in [-0.39, 0.29) is 0 Å². The van der Waals surface area contributed by atoms with E-state index < -0.39 is 0 Å². The van der Waals surface area contributed by atoms with Gasteiger partial charge in [-0.15, -0.1) is 0 Å². The Balaban J connectivity index is 2.29. The highest BCUT2D eigenvalue weighted by atomic mass is 15.3. The van der Waals surface area contributed by atoms with Gasteiger partial charge in [-0.25, -0.2) is 0 Å². The number of aromatic nitrogens is 2. The van der Waals surface area contributed by atoms with Gasteiger partial charge in [0.15, 0.2) is 0 Å². The van der Waals surface area contributed by atoms with Crippen molar-refractivity contribution < 1.29 is 0 Å². The van der Waals surface area contributed by atoms with Crippen molar-refractivity contribution in [1.29, 1.82) is 0 Å². The molecule has 0 aliphatic rings. The van der Waals surface area contributed by atoms with Crippen LogP contribution in [0.3, 0.4) is 0 Å². The van der Waals surface area contributed by atoms with Gasteiger partial charge in [0.25, 0.3) is 0 Å². The Morgan fingerprint density at radius 2 is 2.20 bits per heavy atom. The van der Waals surface area contributed by atoms with Gasteiger partial charge < -0.3 is 5.32 Å². The Kier molecular flexibility index (Phi) is 5.40. The van der Waals surface area contributed by atoms with Gasteiger partial charge in [0, 0.05) is 25.3 Å². The smallest absolute Gasteiger partial charge is 0.0762 e. The van der Waals surface area contributed by atoms with Crippen molar-refractivity contribution in [2.24, 2.45) is 0 Å². The van der Waals surface area contributed by atoms with Crippen LogP contribution >= 0.6 is 0 Å². The zero-order chi connectivity index (χ0) is 11.1. The summed E-state index contributed by atoms with van der Waals surface area (Å²) in [5.41, 5.74) is 1.14. The van der Waals surface area contributed by atoms with Gasteiger partial charge in [-0.3, -0.25) is 4.68 Å². The number of nitrogens with zero attached hydrogens (tertiary/aromatic N) is 2. The van der Waals surface area contributed by atoms with Gasteiger partial charge in [-0.1, -0.05) is 33.6 Å². The molecular formula is C12H23N3. The lowest BCUT2D eigenvalue weighted by atomic mass is 10.2. The summed E-state index contributed by atoms with van der Waals surface area (Å²) >= 11 is 0. The second kappa shape index (κ2) is 6.62. The number of hydrogen-bond acceptors (Lipinski definition) is 2. The maximum Gasteiger partial charge on any atom is 0.0762 e. The average molecular weight is 209 g/mol. The lowest BCUT2D eigenvalue weighted by molar-refractivity contribution is 0.533. The SMILES string of the molecule is CCCCCn1ccc(CNC(C)C)n1. The van der Waals surface area contributed by atoms with Crippen LogP contribution < -0.4 is 5.32 Å². The maximum absolute atomic E-state index is 4.51. The van der Waals surface area contributed by atoms with Crippen LogP contribution in [0.2, 0.25) is 0 Å². The third-order valence-electron chi connectivity index (χ3n) is 2.38. The lowest BCUT2D eigenvalue weighted by Crippen LogP contribution is -2.22. The minimum absolute atomic E-state index is 0.523. The molecule has 1 aromatic heterocycles. The molecule has 0 atom stereocenters. The average Bonchev–Trinajstić information content (AvgIpc) is 2.63. The molecule has 1 rings (SSSR count). The fraction of sp³-hybridized carbons (Fsp3) is 0.750. The predicted octanol–water partition coefficient (Wildman–Crippen LogP) is 2.57. The minimum atomic E-state index is 0.523. The van der Waals surface area contributed by atoms with E-state index in [1.165, 1.54) is 19.3 Å². The van der Waals surface area contributed by atoms with Gasteiger partial charge in [0.1, 0.15) is 0 Å². The van der Waals surface area contributed by atoms with Crippen LogP contribution in [0.1, 0.15) is 45.7 Å². The quantitative estimate of drug-likeness (QED) is 0.699. The van der Waals surface area contributed by atoms with Crippen LogP contribution in [0.4, 0.5) is 0 Å². The van der Waals surface area contributed by atoms with Gasteiger partial charge in [-0.2, -0.15) is 5.10 Å². The first-order valence-corrected chi connectivity index (χ1v) is 5.98. The van der Waals surface area contributed by atoms with E-state index in [9.17, 15) is 0 Å². The van der Waals surface area contributed by atoms with Crippen LogP contribution in [0.15, 0.2) is 12.3 Å². The molecule has 0 spiro atoms. The zero-order valence-corrected chi connectivity index (χ0v) is 10.2. The Labute approximate surface area is 92.9 Å². The highest BCUT2D eigenvalue weighted by molar-refractivity contribution is 4.98. The van der Waals surface area contributed by atoms with Gasteiger partial charge >= 0.3 is 0 Å². The summed E-state index contributed by atoms with van der Waals surface area (Å²) in [6.45, 7) is 8.45. The summed E-state index contributed by atoms with van der Waals surface area (Å²) in [4.78, 5) is 0. The summed E-state index contributed by atoms with van der Waals surface area (Å²) in [6.07, 6.45) is 5.87. The second-order valence-electron chi connectivity index (χ2n) is 4.31. The van der Waals surface area contributed by atoms with E-state index in [0.717, 1.165) is 18.8 Å². The summed E-state index contributed by atoms with van der Waals surface area (Å²) in [7, 11) is 0. The van der Waals surface area contributed by atoms with Crippen molar-refractivity contribution in [2.45, 2.75) is 59.2 Å². The number of aryl methyl sites for hydroxylation is 1. The monoisotopic (exact) mass is 209 g/mol. The standard InChI is InChI=1S/C12H23N3/c1-4-5-6-8-15-9-7-12(14-15)10-13-11(2)3/h7,9,11,13H,4-6,8,10H2,1-3H3. The first-order valence-electron chi connectivity index (χ1n) is 5.98. The summed E-state index contributed by atoms with van der Waals surface area (Å²) in [6, 6.07) is 2.62. The topological polar surface area (TPSA) is 29.9 Å². The third kappa shape index (κ3) is 4.98. The number of nitrogens with one attached hydrogen (secondary N) is 1. The van der Waals surface area contributed by atoms with Crippen molar-refractivity contribution >= 4 is 0 Å². The lowest BCUT2D eigenvalue weighted by Gasteiger charge is -2.05. The van der Waals surface area contributed by atoms with Crippen molar-refractivity contribution in [2.75, 3.05) is 0 Å². The fourth-order valence-corrected chi connectivity index (χ4v) is 1.46. The number of unbranched alkanes of at least 4 members (excludes halogenated alkanes) is 2. The Morgan fingerprint density at radius 3 is 2.87 bits per heavy atom. The molecule has 0 saturated heterocycles. The summed E-state index contributed by atoms with van der Waals surface area (Å²) in [5, 5.41) is 7.87. The Morgan fingerprint density at radius 1 is 1.40 bits per heavy atom. The maximum atomic E-state index is 4.51. The largest absolute Gasteiger partial charge is 0.309 e. The highest BCUT2D eigenvalue weighted by Gasteiger charge is 1.99. The zero-order valence-electron chi connectivity index (χ0n) is 10.2. The number of rotatable bonds is 7. The van der Waals surface area contributed by atoms with Crippen LogP contribution in [0, 0.1) is 0 Å². The molecule has 1 aromatic rings. The Hall–Kier alpha value is -0.830. The van der Waals surface area contributed by atoms with Gasteiger partial charge in [0.05, 0.1) is 5.69 Å². The number of hydrogen-bond donors (Lipinski definition) is 1. The second-order valence-corrected chi connectivity index (χ2v) is 4.31. The van der Waals surface area contributed by atoms with Crippen molar-refractivity contribution in [1.82, 2.24) is 15.1 Å². The molecule has 0 unspecified atom stereocenters. The van der Waals surface area contributed by atoms with E-state index in [0.29, 0.717) is 6.04 Å². The molecule has 0 radical (unpaired) electrons. The highest BCUT2D eigenvalue weighted by Crippen LogP contribution is 2.00. The molecule has 86 valence electrons. The molecule has 0 aliphatic heterocycles. The van der Waals surface area contributed by atoms with E-state index >= 15 is 0 Å². The fourth-order valence-electron chi connectivity index (χ4n) is 1.46. The molecule has 1 N–H and O–H groups in total. The first-order chi connectivity index (χ1) is 7.22. The van der Waals surface area contributed by atoms with Crippen molar-refractivity contribution in [3.8, 4) is 0 Å². The molecule has 0 aromatic carbocycles. The molecule has 0 bridgehead atoms. The van der Waals surface area contributed by atoms with Crippen LogP contribution in [-0.2, 0) is 13.1 Å². The van der Waals surface area contributed by atoms with Crippen LogP contribution in [0.5, 0.6) is 0 Å². The molecule has 0 aliphatic carbocycles. The van der Waals surface area contributed by atoms with E-state index in [1.54, 1.807) is 0 Å². The van der Waals surface area contributed by atoms with Crippen molar-refractivity contribution in [3.05, 3.63) is 18.0 Å². The van der Waals surface area contributed by atoms with E-state index in [4.69, 9.17) is 0 Å². The molecule has 1 heterocycles. The van der Waals surface area contributed by atoms with Gasteiger partial charge in [-0.05, 0) is 12.5 Å². The normalized spacial score (nSPS) is 11.2. The minimum Gasteiger partial charge on any atom is -0.309 e. The predicted molar refractivity (Wildman–Crippen MR) is 63.7 cm³/mol.